The van der Waals surface area contributed by atoms with Gasteiger partial charge in [0.15, 0.2) is 0 Å². The molecular formula is C36H56N18O19. The maximum absolute atomic E-state index is 13.3. The van der Waals surface area contributed by atoms with Crippen LogP contribution in [0, 0.1) is 0 Å². The monoisotopic (exact) mass is 1040 g/mol. The fourth-order valence-electron chi connectivity index (χ4n) is 5.21. The van der Waals surface area contributed by atoms with Crippen LogP contribution in [0.5, 0.6) is 0 Å². The summed E-state index contributed by atoms with van der Waals surface area (Å²) in [6.45, 7) is -5.10. The fraction of sp³-hybridized carbons (Fsp3) is 0.500. The molecule has 404 valence electrons. The number of aliphatic carboxylic acids is 1. The molecule has 0 aliphatic heterocycles. The number of hydrogen-bond acceptors (Lipinski definition) is 19. The standard InChI is InChI=1S/C36H56N18O19/c37-13(1-19(38)55)31(67)52-14(2-20(39)56)32(68)48-9-27(63)44-7-25(61)46-11-29(65)50-16(4-22(41)58)34(70)54-17(5-23(42)59)35(71)53-15(3-21(40)57)33(69)49-10-28(64)45-8-26(62)47-12-30(66)51-18(36(72)73)6-24(43)60/h13-18H,1-12,37H2,(H2,38,55)(H2,39,56)(H2,40,57)(H2,41,58)(H2,42,59)(H2,43,60)(H,44,63)(H,45,64)(H,46,61)(H,47,62)(H,48,68)(H,49,69)(H,50,65)(H,51,66)(H,52,67)(H,53,71)(H,54,70)(H,72,73)/t13-,14-,15-,16-,17-,18-/m0/s1. The summed E-state index contributed by atoms with van der Waals surface area (Å²) in [4.78, 5) is 218. The third-order valence-corrected chi connectivity index (χ3v) is 8.60. The molecule has 6 atom stereocenters. The molecule has 0 fully saturated rings. The Balaban J connectivity index is 5.44. The lowest BCUT2D eigenvalue weighted by Crippen LogP contribution is -2.59. The Bertz CT molecular complexity index is 2190. The van der Waals surface area contributed by atoms with Gasteiger partial charge in [-0.05, 0) is 0 Å². The predicted molar refractivity (Wildman–Crippen MR) is 236 cm³/mol. The van der Waals surface area contributed by atoms with Crippen LogP contribution in [0.4, 0.5) is 0 Å². The van der Waals surface area contributed by atoms with Crippen molar-refractivity contribution in [3.8, 4) is 0 Å². The molecule has 37 nitrogen and oxygen atoms in total. The Morgan fingerprint density at radius 3 is 0.822 bits per heavy atom. The molecule has 0 rings (SSSR count). The van der Waals surface area contributed by atoms with Crippen molar-refractivity contribution < 1.29 is 91.4 Å². The zero-order valence-corrected chi connectivity index (χ0v) is 38.3. The van der Waals surface area contributed by atoms with E-state index < -0.39 is 220 Å². The van der Waals surface area contributed by atoms with Gasteiger partial charge in [-0.15, -0.1) is 0 Å². The van der Waals surface area contributed by atoms with Crippen molar-refractivity contribution in [1.29, 1.82) is 0 Å². The number of carboxylic acid groups (broad SMARTS) is 1. The average Bonchev–Trinajstić information content (AvgIpc) is 3.27. The Hall–Kier alpha value is -9.58. The van der Waals surface area contributed by atoms with Gasteiger partial charge in [-0.2, -0.15) is 0 Å². The summed E-state index contributed by atoms with van der Waals surface area (Å²) in [6, 6.07) is -10.7. The Morgan fingerprint density at radius 2 is 0.521 bits per heavy atom. The van der Waals surface area contributed by atoms with E-state index in [1.54, 1.807) is 0 Å². The van der Waals surface area contributed by atoms with E-state index in [-0.39, 0.29) is 0 Å². The van der Waals surface area contributed by atoms with Crippen LogP contribution < -0.4 is 98.6 Å². The molecule has 0 bridgehead atoms. The number of carboxylic acids is 1. The molecule has 17 amide bonds. The minimum absolute atomic E-state index is 0.607. The van der Waals surface area contributed by atoms with E-state index in [0.717, 1.165) is 0 Å². The molecule has 0 saturated carbocycles. The average molecular weight is 1040 g/mol. The topological polar surface area (TPSA) is 642 Å². The molecule has 0 aromatic carbocycles. The van der Waals surface area contributed by atoms with Crippen LogP contribution in [0.25, 0.3) is 0 Å². The van der Waals surface area contributed by atoms with Crippen LogP contribution in [0.15, 0.2) is 0 Å². The number of nitrogens with two attached hydrogens (primary N) is 7. The highest BCUT2D eigenvalue weighted by Crippen LogP contribution is 2.02. The summed E-state index contributed by atoms with van der Waals surface area (Å²) >= 11 is 0. The van der Waals surface area contributed by atoms with Crippen molar-refractivity contribution in [2.45, 2.75) is 74.8 Å². The predicted octanol–water partition coefficient (Wildman–Crippen LogP) is -15.2. The summed E-state index contributed by atoms with van der Waals surface area (Å²) in [5, 5.41) is 31.3. The van der Waals surface area contributed by atoms with Gasteiger partial charge < -0.3 is 104 Å². The summed E-state index contributed by atoms with van der Waals surface area (Å²) < 4.78 is 0. The van der Waals surface area contributed by atoms with Crippen molar-refractivity contribution in [3.63, 3.8) is 0 Å². The zero-order chi connectivity index (χ0) is 56.1. The molecular weight excluding hydrogens is 989 g/mol. The zero-order valence-electron chi connectivity index (χ0n) is 38.3. The Kier molecular flexibility index (Phi) is 28.0. The van der Waals surface area contributed by atoms with Gasteiger partial charge in [-0.1, -0.05) is 0 Å². The summed E-state index contributed by atoms with van der Waals surface area (Å²) in [5.41, 5.74) is 36.0. The second-order valence-corrected chi connectivity index (χ2v) is 14.9. The number of amides is 17. The van der Waals surface area contributed by atoms with Crippen LogP contribution in [-0.4, -0.2) is 187 Å². The third-order valence-electron chi connectivity index (χ3n) is 8.60. The van der Waals surface area contributed by atoms with Gasteiger partial charge in [0.05, 0.1) is 83.8 Å². The highest BCUT2D eigenvalue weighted by molar-refractivity contribution is 6.00. The largest absolute Gasteiger partial charge is 0.480 e. The number of hydrogen-bond donors (Lipinski definition) is 19. The maximum Gasteiger partial charge on any atom is 0.326 e. The molecule has 0 spiro atoms. The lowest BCUT2D eigenvalue weighted by molar-refractivity contribution is -0.143. The van der Waals surface area contributed by atoms with Crippen LogP contribution in [-0.2, 0) is 86.3 Å². The summed E-state index contributed by atoms with van der Waals surface area (Å²) in [7, 11) is 0. The van der Waals surface area contributed by atoms with E-state index >= 15 is 0 Å². The molecule has 73 heavy (non-hydrogen) atoms. The highest BCUT2D eigenvalue weighted by Gasteiger charge is 2.33. The first-order chi connectivity index (χ1) is 33.9. The first-order valence-electron chi connectivity index (χ1n) is 20.7. The van der Waals surface area contributed by atoms with E-state index in [2.05, 4.69) is 16.0 Å². The van der Waals surface area contributed by atoms with Crippen molar-refractivity contribution in [3.05, 3.63) is 0 Å². The fourth-order valence-corrected chi connectivity index (χ4v) is 5.21. The first-order valence-corrected chi connectivity index (χ1v) is 20.7. The van der Waals surface area contributed by atoms with Crippen LogP contribution in [0.1, 0.15) is 38.5 Å². The van der Waals surface area contributed by atoms with E-state index in [4.69, 9.17) is 45.2 Å². The van der Waals surface area contributed by atoms with Gasteiger partial charge in [0.25, 0.3) is 0 Å². The van der Waals surface area contributed by atoms with Gasteiger partial charge in [0.2, 0.25) is 100 Å². The molecule has 37 heteroatoms. The number of carbonyl (C=O) groups is 18. The highest BCUT2D eigenvalue weighted by atomic mass is 16.4. The molecule has 0 aliphatic carbocycles. The van der Waals surface area contributed by atoms with Crippen molar-refractivity contribution in [2.75, 3.05) is 39.3 Å². The molecule has 0 aromatic heterocycles. The maximum atomic E-state index is 13.3. The minimum atomic E-state index is -2.00. The number of primary amides is 6. The Labute approximate surface area is 410 Å². The van der Waals surface area contributed by atoms with E-state index in [0.29, 0.717) is 0 Å². The first kappa shape index (κ1) is 63.4. The minimum Gasteiger partial charge on any atom is -0.480 e. The normalized spacial score (nSPS) is 12.8. The quantitative estimate of drug-likeness (QED) is 0.0280. The second-order valence-electron chi connectivity index (χ2n) is 14.9. The number of rotatable bonds is 35. The molecule has 0 unspecified atom stereocenters. The molecule has 0 saturated heterocycles. The molecule has 0 aliphatic rings. The second kappa shape index (κ2) is 32.3. The molecule has 0 heterocycles. The van der Waals surface area contributed by atoms with Gasteiger partial charge in [0, 0.05) is 0 Å². The summed E-state index contributed by atoms with van der Waals surface area (Å²) in [6.07, 6.45) is -5.03. The van der Waals surface area contributed by atoms with Crippen molar-refractivity contribution in [2.24, 2.45) is 40.1 Å². The van der Waals surface area contributed by atoms with Crippen LogP contribution >= 0.6 is 0 Å². The molecule has 0 radical (unpaired) electrons. The smallest absolute Gasteiger partial charge is 0.326 e. The van der Waals surface area contributed by atoms with E-state index in [9.17, 15) is 86.3 Å². The lowest BCUT2D eigenvalue weighted by atomic mass is 10.1. The number of nitrogens with one attached hydrogen (secondary N) is 11. The van der Waals surface area contributed by atoms with E-state index in [1.807, 2.05) is 42.5 Å². The van der Waals surface area contributed by atoms with E-state index in [1.165, 1.54) is 0 Å². The van der Waals surface area contributed by atoms with Gasteiger partial charge in [-0.3, -0.25) is 81.5 Å². The van der Waals surface area contributed by atoms with Crippen molar-refractivity contribution >= 4 is 106 Å². The van der Waals surface area contributed by atoms with Crippen LogP contribution in [0.2, 0.25) is 0 Å². The SMILES string of the molecule is NC(=O)C[C@H](NC(=O)CNC(=O)CNC(=O)CNC(=O)[C@H](CC(N)=O)NC(=O)[C@H](CC(N)=O)NC(=O)[C@H](CC(N)=O)NC(=O)CNC(=O)CNC(=O)CNC(=O)[C@H](CC(N)=O)NC(=O)[C@@H](N)CC(N)=O)C(=O)O. The van der Waals surface area contributed by atoms with Crippen LogP contribution in [0.3, 0.4) is 0 Å². The van der Waals surface area contributed by atoms with Gasteiger partial charge in [-0.25, -0.2) is 4.79 Å². The van der Waals surface area contributed by atoms with Gasteiger partial charge in [0.1, 0.15) is 30.2 Å². The molecule has 0 aromatic rings. The number of carbonyl (C=O) groups excluding carboxylic acids is 17. The third kappa shape index (κ3) is 29.1. The Morgan fingerprint density at radius 1 is 0.288 bits per heavy atom. The summed E-state index contributed by atoms with van der Waals surface area (Å²) in [5.74, 6) is -20.7. The van der Waals surface area contributed by atoms with Crippen molar-refractivity contribution in [1.82, 2.24) is 58.5 Å². The van der Waals surface area contributed by atoms with Gasteiger partial charge >= 0.3 is 5.97 Å². The lowest BCUT2D eigenvalue weighted by Gasteiger charge is -2.24. The molecule has 26 N–H and O–H groups in total.